The molecule has 0 saturated carbocycles. The highest BCUT2D eigenvalue weighted by Crippen LogP contribution is 2.27. The summed E-state index contributed by atoms with van der Waals surface area (Å²) in [7, 11) is 4.99. The van der Waals surface area contributed by atoms with Gasteiger partial charge in [-0.25, -0.2) is 0 Å². The van der Waals surface area contributed by atoms with Crippen LogP contribution in [-0.4, -0.2) is 45.2 Å². The average Bonchev–Trinajstić information content (AvgIpc) is 2.75. The van der Waals surface area contributed by atoms with Gasteiger partial charge in [0.1, 0.15) is 17.2 Å². The zero-order chi connectivity index (χ0) is 20.5. The molecule has 0 aromatic heterocycles. The summed E-state index contributed by atoms with van der Waals surface area (Å²) in [6, 6.07) is 14.8. The number of halogens is 1. The number of carbonyl (C=O) groups excluding carboxylic acids is 1. The molecule has 0 aliphatic carbocycles. The third-order valence-electron chi connectivity index (χ3n) is 4.72. The van der Waals surface area contributed by atoms with E-state index in [0.717, 1.165) is 5.56 Å². The molecular formula is C22H31ClN2O4. The van der Waals surface area contributed by atoms with E-state index in [2.05, 4.69) is 0 Å². The smallest absolute Gasteiger partial charge is 0.227 e. The van der Waals surface area contributed by atoms with Crippen molar-refractivity contribution >= 4 is 18.3 Å². The van der Waals surface area contributed by atoms with Gasteiger partial charge in [0.25, 0.3) is 0 Å². The summed E-state index contributed by atoms with van der Waals surface area (Å²) in [4.78, 5) is 14.4. The van der Waals surface area contributed by atoms with Crippen molar-refractivity contribution < 1.29 is 19.0 Å². The fourth-order valence-corrected chi connectivity index (χ4v) is 2.93. The van der Waals surface area contributed by atoms with E-state index in [-0.39, 0.29) is 30.3 Å². The van der Waals surface area contributed by atoms with E-state index in [9.17, 15) is 4.79 Å². The summed E-state index contributed by atoms with van der Waals surface area (Å²) in [5.74, 6) is 1.75. The second-order valence-electron chi connectivity index (χ2n) is 6.74. The van der Waals surface area contributed by atoms with Crippen molar-refractivity contribution in [3.8, 4) is 17.2 Å². The molecule has 2 rings (SSSR count). The molecule has 0 heterocycles. The molecule has 160 valence electrons. The van der Waals surface area contributed by atoms with E-state index in [0.29, 0.717) is 36.8 Å². The van der Waals surface area contributed by atoms with Crippen molar-refractivity contribution in [3.63, 3.8) is 0 Å². The summed E-state index contributed by atoms with van der Waals surface area (Å²) in [6.07, 6.45) is 0.703. The van der Waals surface area contributed by atoms with Gasteiger partial charge in [-0.3, -0.25) is 4.79 Å². The van der Waals surface area contributed by atoms with Crippen LogP contribution in [0.25, 0.3) is 0 Å². The van der Waals surface area contributed by atoms with Crippen molar-refractivity contribution in [2.75, 3.05) is 34.4 Å². The van der Waals surface area contributed by atoms with Gasteiger partial charge >= 0.3 is 0 Å². The van der Waals surface area contributed by atoms with Gasteiger partial charge in [-0.2, -0.15) is 0 Å². The van der Waals surface area contributed by atoms with Gasteiger partial charge in [0.05, 0.1) is 26.7 Å². The second-order valence-corrected chi connectivity index (χ2v) is 6.74. The first-order chi connectivity index (χ1) is 13.5. The highest BCUT2D eigenvalue weighted by Gasteiger charge is 2.24. The van der Waals surface area contributed by atoms with Crippen molar-refractivity contribution in [2.45, 2.75) is 19.4 Å². The molecule has 2 atom stereocenters. The van der Waals surface area contributed by atoms with Gasteiger partial charge in [0.2, 0.25) is 5.91 Å². The lowest BCUT2D eigenvalue weighted by Gasteiger charge is -2.25. The molecule has 2 unspecified atom stereocenters. The maximum absolute atomic E-state index is 12.7. The molecular weight excluding hydrogens is 392 g/mol. The van der Waals surface area contributed by atoms with E-state index < -0.39 is 0 Å². The number of methoxy groups -OCH3 is 2. The highest BCUT2D eigenvalue weighted by molar-refractivity contribution is 5.85. The van der Waals surface area contributed by atoms with Crippen LogP contribution in [0.3, 0.4) is 0 Å². The lowest BCUT2D eigenvalue weighted by Crippen LogP contribution is -2.37. The molecule has 0 spiro atoms. The largest absolute Gasteiger partial charge is 0.496 e. The van der Waals surface area contributed by atoms with Gasteiger partial charge in [-0.15, -0.1) is 12.4 Å². The maximum atomic E-state index is 12.7. The van der Waals surface area contributed by atoms with Crippen molar-refractivity contribution in [1.82, 2.24) is 4.90 Å². The Bertz CT molecular complexity index is 735. The molecule has 7 heteroatoms. The molecule has 6 nitrogen and oxygen atoms in total. The topological polar surface area (TPSA) is 74.0 Å². The van der Waals surface area contributed by atoms with Gasteiger partial charge < -0.3 is 24.8 Å². The van der Waals surface area contributed by atoms with Crippen LogP contribution in [0.5, 0.6) is 17.2 Å². The third-order valence-corrected chi connectivity index (χ3v) is 4.72. The number of benzene rings is 2. The zero-order valence-electron chi connectivity index (χ0n) is 17.5. The fourth-order valence-electron chi connectivity index (χ4n) is 2.93. The Morgan fingerprint density at radius 3 is 2.14 bits per heavy atom. The van der Waals surface area contributed by atoms with E-state index in [1.165, 1.54) is 0 Å². The van der Waals surface area contributed by atoms with E-state index in [4.69, 9.17) is 19.9 Å². The molecule has 0 saturated heterocycles. The normalized spacial score (nSPS) is 12.3. The molecule has 0 fully saturated rings. The first-order valence-electron chi connectivity index (χ1n) is 9.37. The van der Waals surface area contributed by atoms with Gasteiger partial charge in [-0.1, -0.05) is 37.3 Å². The minimum Gasteiger partial charge on any atom is -0.496 e. The van der Waals surface area contributed by atoms with E-state index in [1.54, 1.807) is 44.4 Å². The molecule has 2 N–H and O–H groups in total. The Balaban J connectivity index is 0.00000420. The number of nitrogens with two attached hydrogens (primary N) is 1. The number of nitrogens with zero attached hydrogens (tertiary/aromatic N) is 1. The molecule has 2 aromatic rings. The highest BCUT2D eigenvalue weighted by atomic mass is 35.5. The molecule has 0 aliphatic rings. The fraction of sp³-hybridized carbons (Fsp3) is 0.409. The third kappa shape index (κ3) is 7.15. The first-order valence-corrected chi connectivity index (χ1v) is 9.37. The van der Waals surface area contributed by atoms with Crippen LogP contribution in [0.2, 0.25) is 0 Å². The van der Waals surface area contributed by atoms with Crippen LogP contribution >= 0.6 is 12.4 Å². The molecule has 0 radical (unpaired) electrons. The Labute approximate surface area is 179 Å². The number of carbonyl (C=O) groups is 1. The SMILES string of the molecule is COc1cc(OC)cc(OCCCN(C)C(=O)C(C)C(N)c2ccccc2)c1.Cl. The Morgan fingerprint density at radius 2 is 1.59 bits per heavy atom. The summed E-state index contributed by atoms with van der Waals surface area (Å²) < 4.78 is 16.2. The minimum atomic E-state index is -0.323. The van der Waals surface area contributed by atoms with Crippen LogP contribution in [-0.2, 0) is 4.79 Å². The van der Waals surface area contributed by atoms with Crippen molar-refractivity contribution in [3.05, 3.63) is 54.1 Å². The minimum absolute atomic E-state index is 0. The summed E-state index contributed by atoms with van der Waals surface area (Å²) in [6.45, 7) is 2.94. The van der Waals surface area contributed by atoms with E-state index >= 15 is 0 Å². The van der Waals surface area contributed by atoms with E-state index in [1.807, 2.05) is 37.3 Å². The van der Waals surface area contributed by atoms with Crippen molar-refractivity contribution in [2.24, 2.45) is 11.7 Å². The van der Waals surface area contributed by atoms with Gasteiger partial charge in [0, 0.05) is 37.8 Å². The second kappa shape index (κ2) is 12.2. The first kappa shape index (κ1) is 24.6. The Hall–Kier alpha value is -2.44. The van der Waals surface area contributed by atoms with Gasteiger partial charge in [0.15, 0.2) is 0 Å². The lowest BCUT2D eigenvalue weighted by atomic mass is 9.94. The standard InChI is InChI=1S/C22H30N2O4.ClH/c1-16(21(23)17-9-6-5-7-10-17)22(25)24(2)11-8-12-28-20-14-18(26-3)13-19(15-20)27-4;/h5-7,9-10,13-16,21H,8,11-12,23H2,1-4H3;1H. The number of amides is 1. The number of hydrogen-bond donors (Lipinski definition) is 1. The average molecular weight is 423 g/mol. The van der Waals surface area contributed by atoms with Crippen LogP contribution < -0.4 is 19.9 Å². The Morgan fingerprint density at radius 1 is 1.03 bits per heavy atom. The quantitative estimate of drug-likeness (QED) is 0.591. The lowest BCUT2D eigenvalue weighted by molar-refractivity contribution is -0.134. The van der Waals surface area contributed by atoms with Crippen LogP contribution in [0.1, 0.15) is 24.9 Å². The van der Waals surface area contributed by atoms with Crippen LogP contribution in [0.15, 0.2) is 48.5 Å². The monoisotopic (exact) mass is 422 g/mol. The molecule has 0 bridgehead atoms. The maximum Gasteiger partial charge on any atom is 0.227 e. The Kier molecular flexibility index (Phi) is 10.3. The number of hydrogen-bond acceptors (Lipinski definition) is 5. The van der Waals surface area contributed by atoms with Crippen LogP contribution in [0.4, 0.5) is 0 Å². The molecule has 0 aliphatic heterocycles. The van der Waals surface area contributed by atoms with Gasteiger partial charge in [-0.05, 0) is 12.0 Å². The summed E-state index contributed by atoms with van der Waals surface area (Å²) >= 11 is 0. The zero-order valence-corrected chi connectivity index (χ0v) is 18.3. The summed E-state index contributed by atoms with van der Waals surface area (Å²) in [5.41, 5.74) is 7.23. The predicted octanol–water partition coefficient (Wildman–Crippen LogP) is 3.69. The van der Waals surface area contributed by atoms with Crippen LogP contribution in [0, 0.1) is 5.92 Å². The number of rotatable bonds is 10. The predicted molar refractivity (Wildman–Crippen MR) is 117 cm³/mol. The summed E-state index contributed by atoms with van der Waals surface area (Å²) in [5, 5.41) is 0. The van der Waals surface area contributed by atoms with Crippen molar-refractivity contribution in [1.29, 1.82) is 0 Å². The number of ether oxygens (including phenoxy) is 3. The molecule has 2 aromatic carbocycles. The molecule has 1 amide bonds. The molecule has 29 heavy (non-hydrogen) atoms.